The fraction of sp³-hybridized carbons (Fsp3) is 0.318. The van der Waals surface area contributed by atoms with Gasteiger partial charge in [0.15, 0.2) is 11.6 Å². The second kappa shape index (κ2) is 11.8. The molecule has 3 aromatic rings. The Hall–Kier alpha value is -4.99. The van der Waals surface area contributed by atoms with E-state index in [-0.39, 0.29) is 60.8 Å². The predicted molar refractivity (Wildman–Crippen MR) is 136 cm³/mol. The van der Waals surface area contributed by atoms with Gasteiger partial charge < -0.3 is 46.4 Å². The monoisotopic (exact) mass is 527 g/mol. The second-order valence-electron chi connectivity index (χ2n) is 8.31. The van der Waals surface area contributed by atoms with Crippen molar-refractivity contribution in [1.29, 1.82) is 0 Å². The minimum absolute atomic E-state index is 0.00200. The first kappa shape index (κ1) is 27.6. The Morgan fingerprint density at radius 2 is 1.37 bits per heavy atom. The fourth-order valence-electron chi connectivity index (χ4n) is 3.46. The predicted octanol–water partition coefficient (Wildman–Crippen LogP) is -1.11. The van der Waals surface area contributed by atoms with Gasteiger partial charge in [-0.3, -0.25) is 24.0 Å². The quantitative estimate of drug-likeness (QED) is 0.179. The number of anilines is 3. The van der Waals surface area contributed by atoms with E-state index in [4.69, 9.17) is 11.5 Å². The Labute approximate surface area is 216 Å². The zero-order chi connectivity index (χ0) is 28.0. The number of hydrogen-bond acceptors (Lipinski definition) is 8. The maximum Gasteiger partial charge on any atom is 0.291 e. The zero-order valence-electron chi connectivity index (χ0n) is 21.1. The van der Waals surface area contributed by atoms with E-state index in [9.17, 15) is 24.0 Å². The molecule has 0 aliphatic carbocycles. The summed E-state index contributed by atoms with van der Waals surface area (Å²) in [5.74, 6) is -2.05. The molecule has 0 saturated carbocycles. The molecule has 16 heteroatoms. The van der Waals surface area contributed by atoms with Crippen LogP contribution in [0.15, 0.2) is 24.7 Å². The Balaban J connectivity index is 1.53. The summed E-state index contributed by atoms with van der Waals surface area (Å²) in [5, 5.41) is 10.4. The van der Waals surface area contributed by atoms with Crippen LogP contribution in [0, 0.1) is 0 Å². The molecule has 8 N–H and O–H groups in total. The Kier molecular flexibility index (Phi) is 8.59. The molecule has 0 atom stereocenters. The maximum atomic E-state index is 12.7. The molecule has 0 aromatic carbocycles. The standard InChI is InChI=1S/C22H29N11O5/c1-31-9-12(26-22(38)20-30-15(11-33(20)3)27-16(34)4-6-23)8-13(31)21(37)25-7-5-17(35)28-14-10-32(2)19(29-14)18(24)36/h8-11H,4-7,23H2,1-3H3,(H2,24,36)(H,25,37)(H,26,38)(H,27,34)(H,28,35). The highest BCUT2D eigenvalue weighted by atomic mass is 16.2. The van der Waals surface area contributed by atoms with Crippen LogP contribution in [0.25, 0.3) is 0 Å². The summed E-state index contributed by atoms with van der Waals surface area (Å²) < 4.78 is 4.36. The first-order chi connectivity index (χ1) is 18.0. The summed E-state index contributed by atoms with van der Waals surface area (Å²) in [6, 6.07) is 1.47. The van der Waals surface area contributed by atoms with Crippen LogP contribution in [0.5, 0.6) is 0 Å². The number of nitrogens with zero attached hydrogens (tertiary/aromatic N) is 5. The van der Waals surface area contributed by atoms with Crippen molar-refractivity contribution in [3.05, 3.63) is 42.0 Å². The third-order valence-electron chi connectivity index (χ3n) is 5.22. The van der Waals surface area contributed by atoms with Gasteiger partial charge >= 0.3 is 0 Å². The van der Waals surface area contributed by atoms with Gasteiger partial charge in [0.1, 0.15) is 5.69 Å². The molecule has 3 aromatic heterocycles. The van der Waals surface area contributed by atoms with Crippen molar-refractivity contribution < 1.29 is 24.0 Å². The molecule has 0 unspecified atom stereocenters. The zero-order valence-corrected chi connectivity index (χ0v) is 21.1. The molecule has 202 valence electrons. The lowest BCUT2D eigenvalue weighted by Crippen LogP contribution is -2.29. The maximum absolute atomic E-state index is 12.7. The minimum Gasteiger partial charge on any atom is -0.363 e. The number of carbonyl (C=O) groups is 5. The molecular weight excluding hydrogens is 498 g/mol. The highest BCUT2D eigenvalue weighted by Gasteiger charge is 2.18. The number of rotatable bonds is 11. The van der Waals surface area contributed by atoms with Gasteiger partial charge in [0.2, 0.25) is 23.5 Å². The average molecular weight is 528 g/mol. The fourth-order valence-corrected chi connectivity index (χ4v) is 3.46. The lowest BCUT2D eigenvalue weighted by Gasteiger charge is -2.06. The van der Waals surface area contributed by atoms with E-state index in [1.54, 1.807) is 27.3 Å². The normalized spacial score (nSPS) is 10.6. The van der Waals surface area contributed by atoms with E-state index >= 15 is 0 Å². The average Bonchev–Trinajstić information content (AvgIpc) is 3.49. The number of aryl methyl sites for hydroxylation is 3. The molecule has 0 fully saturated rings. The van der Waals surface area contributed by atoms with E-state index in [0.29, 0.717) is 5.69 Å². The van der Waals surface area contributed by atoms with Crippen LogP contribution in [-0.4, -0.2) is 66.3 Å². The molecular formula is C22H29N11O5. The lowest BCUT2D eigenvalue weighted by molar-refractivity contribution is -0.116. The summed E-state index contributed by atoms with van der Waals surface area (Å²) in [5.41, 5.74) is 11.1. The highest BCUT2D eigenvalue weighted by molar-refractivity contribution is 6.03. The van der Waals surface area contributed by atoms with Crippen molar-refractivity contribution in [2.24, 2.45) is 32.6 Å². The van der Waals surface area contributed by atoms with Gasteiger partial charge in [-0.05, 0) is 6.07 Å². The van der Waals surface area contributed by atoms with Crippen molar-refractivity contribution in [3.8, 4) is 0 Å². The van der Waals surface area contributed by atoms with Crippen molar-refractivity contribution in [3.63, 3.8) is 0 Å². The summed E-state index contributed by atoms with van der Waals surface area (Å²) in [7, 11) is 4.79. The smallest absolute Gasteiger partial charge is 0.291 e. The topological polar surface area (TPSA) is 226 Å². The molecule has 38 heavy (non-hydrogen) atoms. The highest BCUT2D eigenvalue weighted by Crippen LogP contribution is 2.15. The van der Waals surface area contributed by atoms with E-state index < -0.39 is 23.6 Å². The van der Waals surface area contributed by atoms with Gasteiger partial charge in [-0.2, -0.15) is 0 Å². The SMILES string of the molecule is Cn1cc(NC(=O)c2nc(NC(=O)CCN)cn2C)cc1C(=O)NCCC(=O)Nc1cn(C)c(C(N)=O)n1. The number of carbonyl (C=O) groups excluding carboxylic acids is 5. The Morgan fingerprint density at radius 1 is 0.789 bits per heavy atom. The number of aromatic nitrogens is 5. The molecule has 0 aliphatic heterocycles. The lowest BCUT2D eigenvalue weighted by atomic mass is 10.3. The molecule has 5 amide bonds. The molecule has 0 spiro atoms. The Morgan fingerprint density at radius 3 is 1.95 bits per heavy atom. The molecule has 3 heterocycles. The van der Waals surface area contributed by atoms with Crippen molar-refractivity contribution in [2.45, 2.75) is 12.8 Å². The van der Waals surface area contributed by atoms with Gasteiger partial charge in [0.25, 0.3) is 17.7 Å². The summed E-state index contributed by atoms with van der Waals surface area (Å²) in [6.45, 7) is 0.215. The van der Waals surface area contributed by atoms with E-state index in [2.05, 4.69) is 31.2 Å². The number of imidazole rings is 2. The van der Waals surface area contributed by atoms with Crippen molar-refractivity contribution in [2.75, 3.05) is 29.0 Å². The molecule has 0 radical (unpaired) electrons. The van der Waals surface area contributed by atoms with E-state index in [1.165, 1.54) is 32.2 Å². The van der Waals surface area contributed by atoms with Gasteiger partial charge in [-0.25, -0.2) is 9.97 Å². The summed E-state index contributed by atoms with van der Waals surface area (Å²) in [4.78, 5) is 68.5. The third-order valence-corrected chi connectivity index (χ3v) is 5.22. The first-order valence-electron chi connectivity index (χ1n) is 11.4. The number of hydrogen-bond donors (Lipinski definition) is 6. The summed E-state index contributed by atoms with van der Waals surface area (Å²) in [6.07, 6.45) is 4.56. The van der Waals surface area contributed by atoms with E-state index in [0.717, 1.165) is 0 Å². The minimum atomic E-state index is -0.727. The van der Waals surface area contributed by atoms with Gasteiger partial charge in [0.05, 0.1) is 5.69 Å². The van der Waals surface area contributed by atoms with Gasteiger partial charge in [-0.1, -0.05) is 0 Å². The first-order valence-corrected chi connectivity index (χ1v) is 11.4. The number of primary amides is 1. The molecule has 3 rings (SSSR count). The van der Waals surface area contributed by atoms with Crippen LogP contribution >= 0.6 is 0 Å². The number of nitrogens with one attached hydrogen (secondary N) is 4. The molecule has 16 nitrogen and oxygen atoms in total. The molecule has 0 saturated heterocycles. The van der Waals surface area contributed by atoms with Crippen LogP contribution < -0.4 is 32.7 Å². The number of amides is 5. The second-order valence-corrected chi connectivity index (χ2v) is 8.31. The molecule has 0 bridgehead atoms. The molecule has 0 aliphatic rings. The van der Waals surface area contributed by atoms with Gasteiger partial charge in [-0.15, -0.1) is 0 Å². The third kappa shape index (κ3) is 6.82. The number of nitrogens with two attached hydrogens (primary N) is 2. The van der Waals surface area contributed by atoms with Crippen LogP contribution in [-0.2, 0) is 30.7 Å². The van der Waals surface area contributed by atoms with Crippen molar-refractivity contribution in [1.82, 2.24) is 29.0 Å². The van der Waals surface area contributed by atoms with E-state index in [1.807, 2.05) is 0 Å². The van der Waals surface area contributed by atoms with Crippen LogP contribution in [0.1, 0.15) is 44.6 Å². The van der Waals surface area contributed by atoms with Crippen LogP contribution in [0.4, 0.5) is 17.3 Å². The summed E-state index contributed by atoms with van der Waals surface area (Å²) >= 11 is 0. The van der Waals surface area contributed by atoms with Crippen LogP contribution in [0.3, 0.4) is 0 Å². The van der Waals surface area contributed by atoms with Crippen LogP contribution in [0.2, 0.25) is 0 Å². The largest absolute Gasteiger partial charge is 0.363 e. The Bertz CT molecular complexity index is 1380. The van der Waals surface area contributed by atoms with Gasteiger partial charge in [0, 0.05) is 65.7 Å². The van der Waals surface area contributed by atoms with Crippen molar-refractivity contribution >= 4 is 46.9 Å².